The Hall–Kier alpha value is -2.38. The van der Waals surface area contributed by atoms with Gasteiger partial charge in [-0.2, -0.15) is 9.97 Å². The first-order valence-electron chi connectivity index (χ1n) is 4.48. The van der Waals surface area contributed by atoms with Crippen LogP contribution in [0.4, 0.5) is 11.8 Å². The van der Waals surface area contributed by atoms with Crippen molar-refractivity contribution in [2.24, 2.45) is 7.05 Å². The Balaban J connectivity index is 2.46. The molecule has 2 rings (SSSR count). The van der Waals surface area contributed by atoms with Gasteiger partial charge >= 0.3 is 5.97 Å². The van der Waals surface area contributed by atoms with Gasteiger partial charge in [0.25, 0.3) is 0 Å². The monoisotopic (exact) mass is 222 g/mol. The van der Waals surface area contributed by atoms with E-state index in [2.05, 4.69) is 20.3 Å². The molecule has 16 heavy (non-hydrogen) atoms. The van der Waals surface area contributed by atoms with Crippen LogP contribution in [0, 0.1) is 0 Å². The zero-order chi connectivity index (χ0) is 11.7. The molecule has 4 N–H and O–H groups in total. The van der Waals surface area contributed by atoms with Gasteiger partial charge in [-0.25, -0.2) is 4.98 Å². The van der Waals surface area contributed by atoms with Crippen molar-refractivity contribution in [3.05, 3.63) is 6.33 Å². The van der Waals surface area contributed by atoms with E-state index in [9.17, 15) is 4.79 Å². The largest absolute Gasteiger partial charge is 0.480 e. The minimum absolute atomic E-state index is 0.0731. The molecule has 84 valence electrons. The summed E-state index contributed by atoms with van der Waals surface area (Å²) in [6.45, 7) is -0.248. The lowest BCUT2D eigenvalue weighted by Crippen LogP contribution is -2.14. The maximum Gasteiger partial charge on any atom is 0.322 e. The Morgan fingerprint density at radius 3 is 3.06 bits per heavy atom. The summed E-state index contributed by atoms with van der Waals surface area (Å²) >= 11 is 0. The molecule has 2 heterocycles. The zero-order valence-electron chi connectivity index (χ0n) is 8.51. The third kappa shape index (κ3) is 1.72. The third-order valence-electron chi connectivity index (χ3n) is 1.98. The fourth-order valence-corrected chi connectivity index (χ4v) is 1.31. The lowest BCUT2D eigenvalue weighted by Gasteiger charge is -2.04. The van der Waals surface area contributed by atoms with Crippen LogP contribution in [-0.4, -0.2) is 37.1 Å². The number of rotatable bonds is 3. The topological polar surface area (TPSA) is 119 Å². The maximum absolute atomic E-state index is 10.4. The van der Waals surface area contributed by atoms with Crippen LogP contribution in [0.2, 0.25) is 0 Å². The highest BCUT2D eigenvalue weighted by Crippen LogP contribution is 2.18. The van der Waals surface area contributed by atoms with E-state index < -0.39 is 5.97 Å². The molecule has 0 aliphatic carbocycles. The van der Waals surface area contributed by atoms with Crippen molar-refractivity contribution in [2.75, 3.05) is 17.6 Å². The second-order valence-electron chi connectivity index (χ2n) is 3.21. The number of carbonyl (C=O) groups is 1. The van der Waals surface area contributed by atoms with E-state index >= 15 is 0 Å². The molecule has 0 aromatic carbocycles. The van der Waals surface area contributed by atoms with Gasteiger partial charge in [-0.05, 0) is 0 Å². The number of nitrogens with zero attached hydrogens (tertiary/aromatic N) is 4. The van der Waals surface area contributed by atoms with E-state index in [4.69, 9.17) is 10.8 Å². The molecule has 0 aliphatic rings. The Labute approximate surface area is 90.1 Å². The molecule has 0 fully saturated rings. The number of carboxylic acids is 1. The minimum Gasteiger partial charge on any atom is -0.480 e. The number of nitrogens with two attached hydrogens (primary N) is 1. The van der Waals surface area contributed by atoms with Crippen LogP contribution in [0.5, 0.6) is 0 Å². The number of carboxylic acid groups (broad SMARTS) is 1. The highest BCUT2D eigenvalue weighted by atomic mass is 16.4. The number of nitrogen functional groups attached to an aromatic ring is 1. The van der Waals surface area contributed by atoms with E-state index in [1.54, 1.807) is 17.9 Å². The van der Waals surface area contributed by atoms with Gasteiger partial charge in [0.05, 0.1) is 6.33 Å². The molecule has 2 aromatic rings. The van der Waals surface area contributed by atoms with Gasteiger partial charge in [-0.1, -0.05) is 0 Å². The summed E-state index contributed by atoms with van der Waals surface area (Å²) in [6, 6.07) is 0. The van der Waals surface area contributed by atoms with Gasteiger partial charge in [0.2, 0.25) is 5.95 Å². The summed E-state index contributed by atoms with van der Waals surface area (Å²) in [7, 11) is 1.77. The van der Waals surface area contributed by atoms with Crippen molar-refractivity contribution in [3.63, 3.8) is 0 Å². The molecule has 2 aromatic heterocycles. The normalized spacial score (nSPS) is 10.6. The molecule has 0 saturated heterocycles. The highest BCUT2D eigenvalue weighted by molar-refractivity contribution is 5.85. The maximum atomic E-state index is 10.4. The first kappa shape index (κ1) is 10.1. The lowest BCUT2D eigenvalue weighted by molar-refractivity contribution is -0.134. The zero-order valence-corrected chi connectivity index (χ0v) is 8.51. The van der Waals surface area contributed by atoms with Gasteiger partial charge in [0, 0.05) is 7.05 Å². The SMILES string of the molecule is Cn1cnc2c(NCC(=O)O)nc(N)nc21. The van der Waals surface area contributed by atoms with Gasteiger partial charge in [-0.3, -0.25) is 4.79 Å². The van der Waals surface area contributed by atoms with Crippen LogP contribution >= 0.6 is 0 Å². The average molecular weight is 222 g/mol. The molecule has 0 spiro atoms. The van der Waals surface area contributed by atoms with E-state index in [-0.39, 0.29) is 12.5 Å². The summed E-state index contributed by atoms with van der Waals surface area (Å²) in [5.41, 5.74) is 6.56. The van der Waals surface area contributed by atoms with Crippen molar-refractivity contribution < 1.29 is 9.90 Å². The molecule has 8 nitrogen and oxygen atoms in total. The second-order valence-corrected chi connectivity index (χ2v) is 3.21. The van der Waals surface area contributed by atoms with Crippen LogP contribution in [0.3, 0.4) is 0 Å². The smallest absolute Gasteiger partial charge is 0.322 e. The van der Waals surface area contributed by atoms with Gasteiger partial charge in [-0.15, -0.1) is 0 Å². The minimum atomic E-state index is -0.985. The fraction of sp³-hybridized carbons (Fsp3) is 0.250. The summed E-state index contributed by atoms with van der Waals surface area (Å²) in [4.78, 5) is 22.4. The Bertz CT molecular complexity index is 549. The number of nitrogens with one attached hydrogen (secondary N) is 1. The second kappa shape index (κ2) is 3.65. The summed E-state index contributed by atoms with van der Waals surface area (Å²) < 4.78 is 1.68. The molecular weight excluding hydrogens is 212 g/mol. The average Bonchev–Trinajstić information content (AvgIpc) is 2.57. The number of hydrogen-bond acceptors (Lipinski definition) is 6. The molecule has 0 saturated carbocycles. The van der Waals surface area contributed by atoms with E-state index in [1.807, 2.05) is 0 Å². The predicted octanol–water partition coefficient (Wildman–Crippen LogP) is -0.558. The number of aryl methyl sites for hydroxylation is 1. The van der Waals surface area contributed by atoms with Crippen LogP contribution in [0.25, 0.3) is 11.2 Å². The molecular formula is C8H10N6O2. The molecule has 8 heteroatoms. The Morgan fingerprint density at radius 2 is 2.38 bits per heavy atom. The van der Waals surface area contributed by atoms with Crippen LogP contribution in [0.1, 0.15) is 0 Å². The van der Waals surface area contributed by atoms with Crippen molar-refractivity contribution in [1.29, 1.82) is 0 Å². The number of hydrogen-bond donors (Lipinski definition) is 3. The van der Waals surface area contributed by atoms with E-state index in [1.165, 1.54) is 0 Å². The standard InChI is InChI=1S/C8H10N6O2/c1-14-3-11-5-6(10-2-4(15)16)12-8(9)13-7(5)14/h3H,2H2,1H3,(H,15,16)(H3,9,10,12,13). The fourth-order valence-electron chi connectivity index (χ4n) is 1.31. The molecule has 0 bridgehead atoms. The van der Waals surface area contributed by atoms with Crippen molar-refractivity contribution >= 4 is 28.9 Å². The number of imidazole rings is 1. The first-order valence-corrected chi connectivity index (χ1v) is 4.48. The van der Waals surface area contributed by atoms with Crippen molar-refractivity contribution in [3.8, 4) is 0 Å². The van der Waals surface area contributed by atoms with Crippen molar-refractivity contribution in [2.45, 2.75) is 0 Å². The Morgan fingerprint density at radius 1 is 1.62 bits per heavy atom. The number of aliphatic carboxylic acids is 1. The summed E-state index contributed by atoms with van der Waals surface area (Å²) in [5, 5.41) is 11.2. The molecule has 0 unspecified atom stereocenters. The van der Waals surface area contributed by atoms with Crippen LogP contribution in [0.15, 0.2) is 6.33 Å². The quantitative estimate of drug-likeness (QED) is 0.636. The van der Waals surface area contributed by atoms with E-state index in [0.29, 0.717) is 17.0 Å². The van der Waals surface area contributed by atoms with Gasteiger partial charge in [0.1, 0.15) is 6.54 Å². The highest BCUT2D eigenvalue weighted by Gasteiger charge is 2.11. The molecule has 0 radical (unpaired) electrons. The van der Waals surface area contributed by atoms with Crippen LogP contribution < -0.4 is 11.1 Å². The van der Waals surface area contributed by atoms with Crippen molar-refractivity contribution in [1.82, 2.24) is 19.5 Å². The third-order valence-corrected chi connectivity index (χ3v) is 1.98. The summed E-state index contributed by atoms with van der Waals surface area (Å²) in [5.74, 6) is -0.587. The predicted molar refractivity (Wildman–Crippen MR) is 56.8 cm³/mol. The summed E-state index contributed by atoms with van der Waals surface area (Å²) in [6.07, 6.45) is 1.56. The molecule has 0 atom stereocenters. The van der Waals surface area contributed by atoms with Gasteiger partial charge in [0.15, 0.2) is 17.0 Å². The van der Waals surface area contributed by atoms with E-state index in [0.717, 1.165) is 0 Å². The van der Waals surface area contributed by atoms with Gasteiger partial charge < -0.3 is 20.7 Å². The van der Waals surface area contributed by atoms with Crippen LogP contribution in [-0.2, 0) is 11.8 Å². The Kier molecular flexibility index (Phi) is 2.31. The number of anilines is 2. The molecule has 0 aliphatic heterocycles. The first-order chi connectivity index (χ1) is 7.58. The lowest BCUT2D eigenvalue weighted by atomic mass is 10.4. The number of fused-ring (bicyclic) bond motifs is 1. The molecule has 0 amide bonds. The number of aromatic nitrogens is 4.